The van der Waals surface area contributed by atoms with Crippen molar-refractivity contribution in [3.63, 3.8) is 0 Å². The molecule has 286 valence electrons. The van der Waals surface area contributed by atoms with E-state index in [1.165, 1.54) is 8.61 Å². The summed E-state index contributed by atoms with van der Waals surface area (Å²) in [5.74, 6) is 0. The lowest BCUT2D eigenvalue weighted by atomic mass is 10.1. The SMILES string of the molecule is CCCCCC(S(=O)(=O)N(CCCCCCCC#N)CCCCCCCC#N)S(=O)(=O)N(CCCCCCCC#N)CCCCCCCC#N. The maximum Gasteiger partial charge on any atom is 0.232 e. The van der Waals surface area contributed by atoms with Crippen molar-refractivity contribution in [2.75, 3.05) is 26.2 Å². The van der Waals surface area contributed by atoms with E-state index >= 15 is 0 Å². The van der Waals surface area contributed by atoms with Gasteiger partial charge in [0.15, 0.2) is 4.58 Å². The van der Waals surface area contributed by atoms with E-state index in [9.17, 15) is 16.8 Å². The first kappa shape index (κ1) is 47.8. The second kappa shape index (κ2) is 32.7. The number of sulfonamides is 2. The molecular formula is C38H68N6O4S2. The van der Waals surface area contributed by atoms with Crippen LogP contribution in [0.25, 0.3) is 0 Å². The Labute approximate surface area is 307 Å². The number of hydrogen-bond donors (Lipinski definition) is 0. The van der Waals surface area contributed by atoms with Gasteiger partial charge in [-0.15, -0.1) is 0 Å². The fourth-order valence-electron chi connectivity index (χ4n) is 6.17. The van der Waals surface area contributed by atoms with Crippen molar-refractivity contribution in [2.45, 2.75) is 191 Å². The summed E-state index contributed by atoms with van der Waals surface area (Å²) in [5, 5.41) is 35.3. The number of nitriles is 4. The van der Waals surface area contributed by atoms with Crippen molar-refractivity contribution in [1.82, 2.24) is 8.61 Å². The van der Waals surface area contributed by atoms with E-state index in [2.05, 4.69) is 24.3 Å². The fraction of sp³-hybridized carbons (Fsp3) is 0.895. The smallest absolute Gasteiger partial charge is 0.211 e. The highest BCUT2D eigenvalue weighted by molar-refractivity contribution is 8.07. The molecule has 50 heavy (non-hydrogen) atoms. The first-order valence-electron chi connectivity index (χ1n) is 19.7. The summed E-state index contributed by atoms with van der Waals surface area (Å²) >= 11 is 0. The normalized spacial score (nSPS) is 11.8. The Kier molecular flexibility index (Phi) is 31.2. The molecule has 0 aliphatic rings. The van der Waals surface area contributed by atoms with Crippen molar-refractivity contribution in [3.8, 4) is 24.3 Å². The summed E-state index contributed by atoms with van der Waals surface area (Å²) in [4.78, 5) is 0. The largest absolute Gasteiger partial charge is 0.232 e. The average molecular weight is 737 g/mol. The van der Waals surface area contributed by atoms with Crippen LogP contribution in [0, 0.1) is 45.3 Å². The monoisotopic (exact) mass is 736 g/mol. The van der Waals surface area contributed by atoms with Crippen LogP contribution in [0.3, 0.4) is 0 Å². The van der Waals surface area contributed by atoms with Crippen LogP contribution in [0.5, 0.6) is 0 Å². The van der Waals surface area contributed by atoms with Gasteiger partial charge in [-0.3, -0.25) is 0 Å². The van der Waals surface area contributed by atoms with Gasteiger partial charge in [-0.2, -0.15) is 21.0 Å². The quantitative estimate of drug-likeness (QED) is 0.0572. The lowest BCUT2D eigenvalue weighted by Crippen LogP contribution is -2.49. The van der Waals surface area contributed by atoms with Crippen LogP contribution in [-0.2, 0) is 20.0 Å². The highest BCUT2D eigenvalue weighted by atomic mass is 32.3. The first-order chi connectivity index (χ1) is 24.2. The second-order valence-electron chi connectivity index (χ2n) is 13.5. The molecule has 0 unspecified atom stereocenters. The van der Waals surface area contributed by atoms with Gasteiger partial charge in [0.05, 0.1) is 24.3 Å². The Bertz CT molecular complexity index is 1070. The first-order valence-corrected chi connectivity index (χ1v) is 22.7. The number of rotatable bonds is 36. The van der Waals surface area contributed by atoms with Gasteiger partial charge in [-0.1, -0.05) is 103 Å². The molecule has 0 radical (unpaired) electrons. The number of nitrogens with zero attached hydrogens (tertiary/aromatic N) is 6. The molecular weight excluding hydrogens is 669 g/mol. The molecule has 0 bridgehead atoms. The Morgan fingerprint density at radius 2 is 0.660 bits per heavy atom. The molecule has 0 aromatic heterocycles. The Morgan fingerprint density at radius 3 is 0.920 bits per heavy atom. The molecule has 0 aliphatic carbocycles. The van der Waals surface area contributed by atoms with E-state index in [1.54, 1.807) is 0 Å². The van der Waals surface area contributed by atoms with E-state index in [0.717, 1.165) is 116 Å². The minimum atomic E-state index is -4.18. The van der Waals surface area contributed by atoms with Crippen LogP contribution in [0.4, 0.5) is 0 Å². The molecule has 0 saturated carbocycles. The maximum atomic E-state index is 14.5. The summed E-state index contributed by atoms with van der Waals surface area (Å²) in [6.45, 7) is 3.19. The van der Waals surface area contributed by atoms with Gasteiger partial charge in [-0.25, -0.2) is 25.4 Å². The molecule has 0 heterocycles. The summed E-state index contributed by atoms with van der Waals surface area (Å²) < 4.78 is 59.6. The third-order valence-corrected chi connectivity index (χ3v) is 14.6. The third-order valence-electron chi connectivity index (χ3n) is 9.21. The van der Waals surface area contributed by atoms with Crippen LogP contribution in [0.2, 0.25) is 0 Å². The second-order valence-corrected chi connectivity index (χ2v) is 18.0. The Hall–Kier alpha value is -2.22. The third kappa shape index (κ3) is 23.3. The molecule has 0 aliphatic heterocycles. The Morgan fingerprint density at radius 1 is 0.400 bits per heavy atom. The number of hydrogen-bond acceptors (Lipinski definition) is 8. The molecule has 0 aromatic carbocycles. The highest BCUT2D eigenvalue weighted by Crippen LogP contribution is 2.27. The zero-order valence-electron chi connectivity index (χ0n) is 31.3. The van der Waals surface area contributed by atoms with Gasteiger partial charge in [0.2, 0.25) is 20.0 Å². The molecule has 0 amide bonds. The fourth-order valence-corrected chi connectivity index (χ4v) is 11.3. The van der Waals surface area contributed by atoms with Crippen molar-refractivity contribution < 1.29 is 16.8 Å². The molecule has 0 atom stereocenters. The van der Waals surface area contributed by atoms with E-state index in [4.69, 9.17) is 21.0 Å². The standard InChI is InChI=1S/C38H68N6O4S2/c1-2-3-20-29-38(49(45,46)43(34-25-16-8-4-12-21-30-39)35-26-17-9-5-13-22-31-40)50(47,48)44(36-27-18-10-6-14-23-32-41)37-28-19-11-7-15-24-33-42/h38H,2-29,34-37H2,1H3. The highest BCUT2D eigenvalue weighted by Gasteiger charge is 2.43. The molecule has 10 nitrogen and oxygen atoms in total. The van der Waals surface area contributed by atoms with Crippen LogP contribution < -0.4 is 0 Å². The minimum absolute atomic E-state index is 0.0795. The topological polar surface area (TPSA) is 170 Å². The van der Waals surface area contributed by atoms with Crippen molar-refractivity contribution in [1.29, 1.82) is 21.0 Å². The van der Waals surface area contributed by atoms with E-state index < -0.39 is 24.6 Å². The van der Waals surface area contributed by atoms with E-state index in [0.29, 0.717) is 84.0 Å². The lowest BCUT2D eigenvalue weighted by Gasteiger charge is -2.32. The predicted molar refractivity (Wildman–Crippen MR) is 202 cm³/mol. The molecule has 0 spiro atoms. The summed E-state index contributed by atoms with van der Waals surface area (Å²) in [6, 6.07) is 8.66. The van der Waals surface area contributed by atoms with Crippen LogP contribution in [0.1, 0.15) is 187 Å². The van der Waals surface area contributed by atoms with E-state index in [1.807, 2.05) is 6.92 Å². The van der Waals surface area contributed by atoms with E-state index in [-0.39, 0.29) is 6.42 Å². The average Bonchev–Trinajstić information content (AvgIpc) is 3.09. The number of unbranched alkanes of at least 4 members (excludes halogenated alkanes) is 22. The van der Waals surface area contributed by atoms with Crippen LogP contribution >= 0.6 is 0 Å². The summed E-state index contributed by atoms with van der Waals surface area (Å²) in [5.41, 5.74) is 0. The molecule has 0 rings (SSSR count). The van der Waals surface area contributed by atoms with Gasteiger partial charge >= 0.3 is 0 Å². The minimum Gasteiger partial charge on any atom is -0.211 e. The molecule has 0 aromatic rings. The van der Waals surface area contributed by atoms with Crippen LogP contribution in [0.15, 0.2) is 0 Å². The molecule has 0 N–H and O–H groups in total. The lowest BCUT2D eigenvalue weighted by molar-refractivity contribution is 0.367. The zero-order valence-corrected chi connectivity index (χ0v) is 33.0. The van der Waals surface area contributed by atoms with Crippen molar-refractivity contribution in [2.24, 2.45) is 0 Å². The van der Waals surface area contributed by atoms with Gasteiger partial charge in [0.25, 0.3) is 0 Å². The molecule has 0 saturated heterocycles. The van der Waals surface area contributed by atoms with Crippen LogP contribution in [-0.4, -0.2) is 56.2 Å². The van der Waals surface area contributed by atoms with Gasteiger partial charge in [0, 0.05) is 51.9 Å². The molecule has 12 heteroatoms. The van der Waals surface area contributed by atoms with Gasteiger partial charge in [0.1, 0.15) is 0 Å². The summed E-state index contributed by atoms with van der Waals surface area (Å²) in [6.07, 6.45) is 20.8. The van der Waals surface area contributed by atoms with Gasteiger partial charge < -0.3 is 0 Å². The maximum absolute atomic E-state index is 14.5. The molecule has 0 fully saturated rings. The zero-order chi connectivity index (χ0) is 37.2. The summed E-state index contributed by atoms with van der Waals surface area (Å²) in [7, 11) is -8.37. The van der Waals surface area contributed by atoms with Crippen molar-refractivity contribution in [3.05, 3.63) is 0 Å². The van der Waals surface area contributed by atoms with Crippen molar-refractivity contribution >= 4 is 20.0 Å². The van der Waals surface area contributed by atoms with Gasteiger partial charge in [-0.05, 0) is 57.8 Å². The Balaban J connectivity index is 6.06. The predicted octanol–water partition coefficient (Wildman–Crippen LogP) is 9.61.